The molecule has 0 aliphatic heterocycles. The van der Waals surface area contributed by atoms with Crippen LogP contribution in [0.3, 0.4) is 0 Å². The average molecular weight is 287 g/mol. The number of ether oxygens (including phenoxy) is 1. The van der Waals surface area contributed by atoms with Gasteiger partial charge in [0.25, 0.3) is 0 Å². The molecule has 0 spiro atoms. The zero-order valence-corrected chi connectivity index (χ0v) is 9.99. The first-order valence-electron chi connectivity index (χ1n) is 5.50. The summed E-state index contributed by atoms with van der Waals surface area (Å²) in [6.45, 7) is -0.254. The highest BCUT2D eigenvalue weighted by Gasteiger charge is 2.34. The third-order valence-electron chi connectivity index (χ3n) is 2.45. The molecule has 1 aromatic heterocycles. The minimum atomic E-state index is -4.80. The van der Waals surface area contributed by atoms with E-state index >= 15 is 0 Å². The second-order valence-electron chi connectivity index (χ2n) is 3.90. The summed E-state index contributed by atoms with van der Waals surface area (Å²) < 4.78 is 55.8. The van der Waals surface area contributed by atoms with Crippen molar-refractivity contribution in [2.75, 3.05) is 0 Å². The number of pyridine rings is 1. The number of alkyl halides is 3. The highest BCUT2D eigenvalue weighted by molar-refractivity contribution is 5.34. The van der Waals surface area contributed by atoms with Crippen LogP contribution in [-0.2, 0) is 12.8 Å². The fourth-order valence-corrected chi connectivity index (χ4v) is 1.51. The molecule has 0 bridgehead atoms. The number of hydrogen-bond donors (Lipinski definition) is 1. The molecule has 0 radical (unpaired) electrons. The Hall–Kier alpha value is -2.15. The van der Waals surface area contributed by atoms with Gasteiger partial charge in [0.15, 0.2) is 0 Å². The predicted molar refractivity (Wildman–Crippen MR) is 61.6 cm³/mol. The molecular weight excluding hydrogens is 278 g/mol. The number of hydrogen-bond acceptors (Lipinski definition) is 3. The first-order chi connectivity index (χ1) is 9.40. The molecule has 2 aromatic rings. The highest BCUT2D eigenvalue weighted by Crippen LogP contribution is 2.34. The van der Waals surface area contributed by atoms with Crippen LogP contribution in [0.1, 0.15) is 11.1 Å². The van der Waals surface area contributed by atoms with Gasteiger partial charge in [-0.25, -0.2) is 9.37 Å². The lowest BCUT2D eigenvalue weighted by Crippen LogP contribution is -2.08. The van der Waals surface area contributed by atoms with Crippen molar-refractivity contribution in [1.29, 1.82) is 0 Å². The van der Waals surface area contributed by atoms with Crippen LogP contribution >= 0.6 is 0 Å². The second kappa shape index (κ2) is 5.46. The molecule has 0 unspecified atom stereocenters. The molecule has 106 valence electrons. The third-order valence-corrected chi connectivity index (χ3v) is 2.45. The van der Waals surface area contributed by atoms with Gasteiger partial charge >= 0.3 is 6.18 Å². The maximum atomic E-state index is 13.1. The maximum Gasteiger partial charge on any atom is 0.419 e. The van der Waals surface area contributed by atoms with Crippen LogP contribution in [0.2, 0.25) is 0 Å². The van der Waals surface area contributed by atoms with Crippen LogP contribution in [0.4, 0.5) is 17.6 Å². The van der Waals surface area contributed by atoms with E-state index in [1.807, 2.05) is 0 Å². The van der Waals surface area contributed by atoms with Gasteiger partial charge in [-0.1, -0.05) is 0 Å². The van der Waals surface area contributed by atoms with Crippen LogP contribution in [0.25, 0.3) is 0 Å². The molecule has 0 atom stereocenters. The van der Waals surface area contributed by atoms with E-state index in [9.17, 15) is 17.6 Å². The Bertz CT molecular complexity index is 614. The van der Waals surface area contributed by atoms with Crippen molar-refractivity contribution in [2.45, 2.75) is 12.8 Å². The van der Waals surface area contributed by atoms with E-state index in [1.165, 1.54) is 18.3 Å². The van der Waals surface area contributed by atoms with Crippen LogP contribution < -0.4 is 4.74 Å². The van der Waals surface area contributed by atoms with E-state index in [1.54, 1.807) is 0 Å². The van der Waals surface area contributed by atoms with Crippen molar-refractivity contribution in [1.82, 2.24) is 4.98 Å². The number of benzene rings is 1. The molecule has 0 saturated carbocycles. The average Bonchev–Trinajstić information content (AvgIpc) is 2.40. The summed E-state index contributed by atoms with van der Waals surface area (Å²) in [5.41, 5.74) is -0.915. The molecule has 0 fully saturated rings. The lowest BCUT2D eigenvalue weighted by atomic mass is 10.2. The van der Waals surface area contributed by atoms with Crippen molar-refractivity contribution < 1.29 is 27.4 Å². The fourth-order valence-electron chi connectivity index (χ4n) is 1.51. The number of nitrogens with zero attached hydrogens (tertiary/aromatic N) is 1. The molecule has 0 amide bonds. The number of aliphatic hydroxyl groups excluding tert-OH is 1. The van der Waals surface area contributed by atoms with Crippen LogP contribution in [0, 0.1) is 5.82 Å². The SMILES string of the molecule is OCc1ccnc(Oc2ccc(F)c(C(F)(F)F)c2)c1. The Labute approximate surface area is 111 Å². The minimum Gasteiger partial charge on any atom is -0.439 e. The minimum absolute atomic E-state index is 0.0104. The topological polar surface area (TPSA) is 42.4 Å². The van der Waals surface area contributed by atoms with E-state index in [4.69, 9.17) is 9.84 Å². The van der Waals surface area contributed by atoms with Crippen molar-refractivity contribution in [3.63, 3.8) is 0 Å². The Balaban J connectivity index is 2.30. The van der Waals surface area contributed by atoms with Gasteiger partial charge in [0.1, 0.15) is 11.6 Å². The van der Waals surface area contributed by atoms with Gasteiger partial charge in [-0.2, -0.15) is 13.2 Å². The Kier molecular flexibility index (Phi) is 3.89. The molecule has 3 nitrogen and oxygen atoms in total. The Morgan fingerprint density at radius 3 is 2.55 bits per heavy atom. The molecule has 0 saturated heterocycles. The van der Waals surface area contributed by atoms with Crippen LogP contribution in [0.15, 0.2) is 36.5 Å². The smallest absolute Gasteiger partial charge is 0.419 e. The maximum absolute atomic E-state index is 13.1. The first-order valence-corrected chi connectivity index (χ1v) is 5.50. The molecule has 7 heteroatoms. The van der Waals surface area contributed by atoms with E-state index in [0.717, 1.165) is 6.07 Å². The van der Waals surface area contributed by atoms with Crippen molar-refractivity contribution in [3.05, 3.63) is 53.5 Å². The largest absolute Gasteiger partial charge is 0.439 e. The predicted octanol–water partition coefficient (Wildman–Crippen LogP) is 3.52. The van der Waals surface area contributed by atoms with Crippen molar-refractivity contribution in [2.24, 2.45) is 0 Å². The summed E-state index contributed by atoms with van der Waals surface area (Å²) in [4.78, 5) is 3.79. The van der Waals surface area contributed by atoms with Crippen LogP contribution in [-0.4, -0.2) is 10.1 Å². The fraction of sp³-hybridized carbons (Fsp3) is 0.154. The Morgan fingerprint density at radius 2 is 1.90 bits per heavy atom. The first kappa shape index (κ1) is 14.3. The highest BCUT2D eigenvalue weighted by atomic mass is 19.4. The number of aromatic nitrogens is 1. The van der Waals surface area contributed by atoms with Gasteiger partial charge in [0.2, 0.25) is 5.88 Å². The summed E-state index contributed by atoms with van der Waals surface area (Å²) in [5.74, 6) is -1.56. The number of rotatable bonds is 3. The van der Waals surface area contributed by atoms with E-state index in [-0.39, 0.29) is 18.2 Å². The van der Waals surface area contributed by atoms with Crippen molar-refractivity contribution in [3.8, 4) is 11.6 Å². The zero-order chi connectivity index (χ0) is 14.8. The molecule has 2 rings (SSSR count). The monoisotopic (exact) mass is 287 g/mol. The van der Waals surface area contributed by atoms with Gasteiger partial charge in [0, 0.05) is 12.3 Å². The van der Waals surface area contributed by atoms with E-state index < -0.39 is 17.6 Å². The molecule has 1 N–H and O–H groups in total. The number of halogens is 4. The van der Waals surface area contributed by atoms with Crippen molar-refractivity contribution >= 4 is 0 Å². The molecule has 0 aliphatic rings. The van der Waals surface area contributed by atoms with E-state index in [2.05, 4.69) is 4.98 Å². The summed E-state index contributed by atoms with van der Waals surface area (Å²) >= 11 is 0. The van der Waals surface area contributed by atoms with Gasteiger partial charge in [-0.15, -0.1) is 0 Å². The normalized spacial score (nSPS) is 11.4. The lowest BCUT2D eigenvalue weighted by molar-refractivity contribution is -0.140. The van der Waals surface area contributed by atoms with Gasteiger partial charge in [0.05, 0.1) is 12.2 Å². The third kappa shape index (κ3) is 3.24. The number of aliphatic hydroxyl groups is 1. The van der Waals surface area contributed by atoms with Gasteiger partial charge in [-0.3, -0.25) is 0 Å². The molecule has 0 aliphatic carbocycles. The van der Waals surface area contributed by atoms with Gasteiger partial charge < -0.3 is 9.84 Å². The Morgan fingerprint density at radius 1 is 1.15 bits per heavy atom. The molecule has 1 heterocycles. The lowest BCUT2D eigenvalue weighted by Gasteiger charge is -2.10. The quantitative estimate of drug-likeness (QED) is 0.878. The summed E-state index contributed by atoms with van der Waals surface area (Å²) in [6, 6.07) is 5.20. The molecule has 1 aromatic carbocycles. The standard InChI is InChI=1S/C13H9F4NO2/c14-11-2-1-9(6-10(11)13(15,16)17)20-12-5-8(7-19)3-4-18-12/h1-6,19H,7H2. The van der Waals surface area contributed by atoms with Gasteiger partial charge in [-0.05, 0) is 29.8 Å². The molecular formula is C13H9F4NO2. The second-order valence-corrected chi connectivity index (χ2v) is 3.90. The summed E-state index contributed by atoms with van der Waals surface area (Å²) in [7, 11) is 0. The molecule has 20 heavy (non-hydrogen) atoms. The van der Waals surface area contributed by atoms with Crippen LogP contribution in [0.5, 0.6) is 11.6 Å². The van der Waals surface area contributed by atoms with E-state index in [0.29, 0.717) is 17.7 Å². The zero-order valence-electron chi connectivity index (χ0n) is 9.99. The summed E-state index contributed by atoms with van der Waals surface area (Å²) in [5, 5.41) is 8.93. The summed E-state index contributed by atoms with van der Waals surface area (Å²) in [6.07, 6.45) is -3.46.